The van der Waals surface area contributed by atoms with Gasteiger partial charge in [-0.1, -0.05) is 6.92 Å². The number of hydrogen-bond donors (Lipinski definition) is 4. The molecular formula is C10H21N5O. The first kappa shape index (κ1) is 12.8. The molecule has 92 valence electrons. The molecule has 5 N–H and O–H groups in total. The first-order valence-corrected chi connectivity index (χ1v) is 5.80. The van der Waals surface area contributed by atoms with Crippen LogP contribution in [0.4, 0.5) is 0 Å². The van der Waals surface area contributed by atoms with Gasteiger partial charge in [0, 0.05) is 19.0 Å². The lowest BCUT2D eigenvalue weighted by atomic mass is 10.4. The summed E-state index contributed by atoms with van der Waals surface area (Å²) in [5, 5.41) is 5.94. The molecule has 1 rings (SSSR count). The van der Waals surface area contributed by atoms with E-state index in [2.05, 4.69) is 21.1 Å². The number of nitrogens with zero attached hydrogens (tertiary/aromatic N) is 1. The summed E-state index contributed by atoms with van der Waals surface area (Å²) in [6.07, 6.45) is 3.68. The highest BCUT2D eigenvalue weighted by Crippen LogP contribution is 2.18. The van der Waals surface area contributed by atoms with Crippen molar-refractivity contribution in [2.45, 2.75) is 38.6 Å². The van der Waals surface area contributed by atoms with Gasteiger partial charge in [0.1, 0.15) is 0 Å². The maximum absolute atomic E-state index is 11.3. The molecule has 0 radical (unpaired) electrons. The van der Waals surface area contributed by atoms with Gasteiger partial charge in [0.2, 0.25) is 11.9 Å². The molecule has 0 unspecified atom stereocenters. The van der Waals surface area contributed by atoms with Crippen LogP contribution in [0.3, 0.4) is 0 Å². The lowest BCUT2D eigenvalue weighted by Gasteiger charge is -2.07. The van der Waals surface area contributed by atoms with Gasteiger partial charge in [-0.05, 0) is 19.3 Å². The second-order valence-corrected chi connectivity index (χ2v) is 3.89. The van der Waals surface area contributed by atoms with Crippen LogP contribution in [0.5, 0.6) is 0 Å². The topological polar surface area (TPSA) is 91.5 Å². The number of carbonyl (C=O) groups excluding carboxylic acids is 1. The Hall–Kier alpha value is -1.30. The summed E-state index contributed by atoms with van der Waals surface area (Å²) in [6.45, 7) is 3.20. The summed E-state index contributed by atoms with van der Waals surface area (Å²) in [5.74, 6) is 5.91. The molecule has 1 fully saturated rings. The largest absolute Gasteiger partial charge is 0.356 e. The highest BCUT2D eigenvalue weighted by atomic mass is 16.1. The zero-order chi connectivity index (χ0) is 11.8. The number of hydrazine groups is 1. The molecule has 0 atom stereocenters. The highest BCUT2D eigenvalue weighted by molar-refractivity contribution is 5.80. The van der Waals surface area contributed by atoms with Crippen molar-refractivity contribution in [3.63, 3.8) is 0 Å². The molecule has 0 saturated heterocycles. The number of nitrogens with one attached hydrogen (secondary N) is 3. The van der Waals surface area contributed by atoms with Crippen molar-refractivity contribution in [3.8, 4) is 0 Å². The van der Waals surface area contributed by atoms with Crippen molar-refractivity contribution in [3.05, 3.63) is 0 Å². The van der Waals surface area contributed by atoms with Crippen molar-refractivity contribution in [1.29, 1.82) is 0 Å². The van der Waals surface area contributed by atoms with Gasteiger partial charge in [-0.2, -0.15) is 0 Å². The second kappa shape index (κ2) is 7.05. The standard InChI is InChI=1S/C10H21N5O/c1-2-6-12-9(16)5-7-13-10(15-11)14-8-3-4-8/h8H,2-7,11H2,1H3,(H,12,16)(H2,13,14,15). The fourth-order valence-corrected chi connectivity index (χ4v) is 1.18. The van der Waals surface area contributed by atoms with Crippen LogP contribution in [0.2, 0.25) is 0 Å². The van der Waals surface area contributed by atoms with Gasteiger partial charge in [-0.3, -0.25) is 15.2 Å². The highest BCUT2D eigenvalue weighted by Gasteiger charge is 2.21. The van der Waals surface area contributed by atoms with Gasteiger partial charge < -0.3 is 10.6 Å². The van der Waals surface area contributed by atoms with E-state index in [0.29, 0.717) is 25.0 Å². The summed E-state index contributed by atoms with van der Waals surface area (Å²) in [4.78, 5) is 15.4. The van der Waals surface area contributed by atoms with Crippen molar-refractivity contribution in [1.82, 2.24) is 16.1 Å². The van der Waals surface area contributed by atoms with E-state index in [0.717, 1.165) is 25.8 Å². The maximum Gasteiger partial charge on any atom is 0.221 e. The number of guanidine groups is 1. The van der Waals surface area contributed by atoms with Gasteiger partial charge in [0.15, 0.2) is 0 Å². The minimum Gasteiger partial charge on any atom is -0.356 e. The van der Waals surface area contributed by atoms with Crippen LogP contribution in [0.15, 0.2) is 4.99 Å². The number of nitrogens with two attached hydrogens (primary N) is 1. The number of aliphatic imine (C=N–C) groups is 1. The first-order chi connectivity index (χ1) is 7.76. The monoisotopic (exact) mass is 227 g/mol. The van der Waals surface area contributed by atoms with Crippen LogP contribution in [0.25, 0.3) is 0 Å². The predicted octanol–water partition coefficient (Wildman–Crippen LogP) is -0.526. The number of carbonyl (C=O) groups is 1. The Kier molecular flexibility index (Phi) is 5.63. The van der Waals surface area contributed by atoms with Crippen LogP contribution in [-0.4, -0.2) is 31.0 Å². The number of amides is 1. The third-order valence-electron chi connectivity index (χ3n) is 2.24. The molecule has 1 amide bonds. The van der Waals surface area contributed by atoms with E-state index in [-0.39, 0.29) is 5.91 Å². The van der Waals surface area contributed by atoms with Crippen LogP contribution < -0.4 is 21.9 Å². The zero-order valence-corrected chi connectivity index (χ0v) is 9.75. The van der Waals surface area contributed by atoms with E-state index in [1.807, 2.05) is 6.92 Å². The van der Waals surface area contributed by atoms with Crippen molar-refractivity contribution in [2.24, 2.45) is 10.8 Å². The van der Waals surface area contributed by atoms with E-state index < -0.39 is 0 Å². The molecule has 0 heterocycles. The van der Waals surface area contributed by atoms with Crippen molar-refractivity contribution < 1.29 is 4.79 Å². The van der Waals surface area contributed by atoms with Crippen LogP contribution in [-0.2, 0) is 4.79 Å². The number of rotatable bonds is 6. The third kappa shape index (κ3) is 5.55. The fraction of sp³-hybridized carbons (Fsp3) is 0.800. The minimum absolute atomic E-state index is 0.0355. The molecule has 16 heavy (non-hydrogen) atoms. The molecule has 0 bridgehead atoms. The molecular weight excluding hydrogens is 206 g/mol. The predicted molar refractivity (Wildman–Crippen MR) is 63.7 cm³/mol. The van der Waals surface area contributed by atoms with Crippen molar-refractivity contribution >= 4 is 11.9 Å². The number of hydrogen-bond acceptors (Lipinski definition) is 3. The fourth-order valence-electron chi connectivity index (χ4n) is 1.18. The minimum atomic E-state index is 0.0355. The van der Waals surface area contributed by atoms with E-state index in [9.17, 15) is 4.79 Å². The zero-order valence-electron chi connectivity index (χ0n) is 9.75. The smallest absolute Gasteiger partial charge is 0.221 e. The van der Waals surface area contributed by atoms with E-state index in [1.54, 1.807) is 0 Å². The molecule has 1 aliphatic carbocycles. The van der Waals surface area contributed by atoms with Crippen molar-refractivity contribution in [2.75, 3.05) is 13.1 Å². The Labute approximate surface area is 96.0 Å². The summed E-state index contributed by atoms with van der Waals surface area (Å²) >= 11 is 0. The van der Waals surface area contributed by atoms with Crippen LogP contribution >= 0.6 is 0 Å². The Morgan fingerprint density at radius 3 is 2.81 bits per heavy atom. The van der Waals surface area contributed by atoms with E-state index in [4.69, 9.17) is 5.84 Å². The second-order valence-electron chi connectivity index (χ2n) is 3.89. The lowest BCUT2D eigenvalue weighted by molar-refractivity contribution is -0.120. The van der Waals surface area contributed by atoms with Gasteiger partial charge in [0.25, 0.3) is 0 Å². The van der Waals surface area contributed by atoms with Gasteiger partial charge in [-0.15, -0.1) is 0 Å². The summed E-state index contributed by atoms with van der Waals surface area (Å²) < 4.78 is 0. The van der Waals surface area contributed by atoms with Gasteiger partial charge in [-0.25, -0.2) is 5.84 Å². The molecule has 1 aliphatic rings. The average Bonchev–Trinajstić information content (AvgIpc) is 3.08. The molecule has 0 aromatic heterocycles. The normalized spacial score (nSPS) is 15.8. The molecule has 0 spiro atoms. The Bertz CT molecular complexity index is 250. The first-order valence-electron chi connectivity index (χ1n) is 5.80. The Morgan fingerprint density at radius 1 is 1.50 bits per heavy atom. The molecule has 0 aliphatic heterocycles. The van der Waals surface area contributed by atoms with Crippen LogP contribution in [0.1, 0.15) is 32.6 Å². The molecule has 0 aromatic rings. The van der Waals surface area contributed by atoms with Gasteiger partial charge >= 0.3 is 0 Å². The third-order valence-corrected chi connectivity index (χ3v) is 2.24. The van der Waals surface area contributed by atoms with E-state index >= 15 is 0 Å². The maximum atomic E-state index is 11.3. The quantitative estimate of drug-likeness (QED) is 0.212. The summed E-state index contributed by atoms with van der Waals surface area (Å²) in [6, 6.07) is 0.503. The SMILES string of the molecule is CCCNC(=O)CCN=C(NN)NC1CC1. The lowest BCUT2D eigenvalue weighted by Crippen LogP contribution is -2.42. The summed E-state index contributed by atoms with van der Waals surface area (Å²) in [5.41, 5.74) is 2.50. The molecule has 6 heteroatoms. The van der Waals surface area contributed by atoms with E-state index in [1.165, 1.54) is 0 Å². The van der Waals surface area contributed by atoms with Crippen LogP contribution in [0, 0.1) is 0 Å². The van der Waals surface area contributed by atoms with Gasteiger partial charge in [0.05, 0.1) is 6.54 Å². The Morgan fingerprint density at radius 2 is 2.25 bits per heavy atom. The molecule has 1 saturated carbocycles. The Balaban J connectivity index is 2.14. The summed E-state index contributed by atoms with van der Waals surface area (Å²) in [7, 11) is 0. The average molecular weight is 227 g/mol. The molecule has 0 aromatic carbocycles. The molecule has 6 nitrogen and oxygen atoms in total.